The maximum absolute atomic E-state index is 12.3. The van der Waals surface area contributed by atoms with E-state index in [4.69, 9.17) is 0 Å². The molecule has 0 aliphatic carbocycles. The number of hydrogen-bond acceptors (Lipinski definition) is 3. The van der Waals surface area contributed by atoms with Crippen molar-refractivity contribution in [3.8, 4) is 0 Å². The Labute approximate surface area is 98.7 Å². The number of furan rings is 1. The van der Waals surface area contributed by atoms with Crippen molar-refractivity contribution < 1.29 is 22.4 Å². The summed E-state index contributed by atoms with van der Waals surface area (Å²) >= 11 is 1.25. The SMILES string of the molecule is O=Cc1cc(Cc2ccc(C(F)(F)F)o2)cs1. The van der Waals surface area contributed by atoms with Crippen LogP contribution in [-0.2, 0) is 12.6 Å². The van der Waals surface area contributed by atoms with Crippen molar-refractivity contribution in [2.24, 2.45) is 0 Å². The molecule has 2 rings (SSSR count). The summed E-state index contributed by atoms with van der Waals surface area (Å²) in [6.07, 6.45) is -3.50. The molecule has 0 fully saturated rings. The third kappa shape index (κ3) is 2.76. The summed E-state index contributed by atoms with van der Waals surface area (Å²) in [5.41, 5.74) is 0.764. The van der Waals surface area contributed by atoms with Crippen molar-refractivity contribution in [1.29, 1.82) is 0 Å². The van der Waals surface area contributed by atoms with E-state index in [2.05, 4.69) is 4.42 Å². The lowest BCUT2D eigenvalue weighted by atomic mass is 10.2. The lowest BCUT2D eigenvalue weighted by Crippen LogP contribution is -2.02. The average Bonchev–Trinajstić information content (AvgIpc) is 2.86. The number of carbonyl (C=O) groups excluding carboxylic acids is 1. The van der Waals surface area contributed by atoms with Gasteiger partial charge in [-0.25, -0.2) is 0 Å². The quantitative estimate of drug-likeness (QED) is 0.786. The number of halogens is 3. The van der Waals surface area contributed by atoms with Gasteiger partial charge >= 0.3 is 6.18 Å². The van der Waals surface area contributed by atoms with E-state index >= 15 is 0 Å². The van der Waals surface area contributed by atoms with E-state index in [1.807, 2.05) is 0 Å². The standard InChI is InChI=1S/C11H7F3O2S/c12-11(13,14)10-2-1-8(16-10)3-7-4-9(5-15)17-6-7/h1-2,4-6H,3H2. The maximum Gasteiger partial charge on any atom is 0.449 e. The number of rotatable bonds is 3. The Balaban J connectivity index is 2.14. The highest BCUT2D eigenvalue weighted by Gasteiger charge is 2.34. The van der Waals surface area contributed by atoms with Crippen molar-refractivity contribution in [2.45, 2.75) is 12.6 Å². The van der Waals surface area contributed by atoms with Crippen LogP contribution < -0.4 is 0 Å². The predicted octanol–water partition coefficient (Wildman–Crippen LogP) is 3.76. The molecule has 2 aromatic rings. The highest BCUT2D eigenvalue weighted by atomic mass is 32.1. The largest absolute Gasteiger partial charge is 0.456 e. The van der Waals surface area contributed by atoms with Gasteiger partial charge in [0.15, 0.2) is 6.29 Å². The second kappa shape index (κ2) is 4.37. The first-order valence-corrected chi connectivity index (χ1v) is 5.55. The lowest BCUT2D eigenvalue weighted by molar-refractivity contribution is -0.153. The Morgan fingerprint density at radius 1 is 1.35 bits per heavy atom. The number of thiophene rings is 1. The molecule has 0 spiro atoms. The smallest absolute Gasteiger partial charge is 0.449 e. The van der Waals surface area contributed by atoms with Gasteiger partial charge in [-0.05, 0) is 29.1 Å². The van der Waals surface area contributed by atoms with Crippen LogP contribution >= 0.6 is 11.3 Å². The molecule has 90 valence electrons. The Hall–Kier alpha value is -1.56. The Morgan fingerprint density at radius 3 is 2.65 bits per heavy atom. The molecule has 0 N–H and O–H groups in total. The molecule has 6 heteroatoms. The van der Waals surface area contributed by atoms with E-state index in [1.165, 1.54) is 17.4 Å². The zero-order valence-corrected chi connectivity index (χ0v) is 9.27. The van der Waals surface area contributed by atoms with Crippen molar-refractivity contribution >= 4 is 17.6 Å². The van der Waals surface area contributed by atoms with E-state index in [0.717, 1.165) is 11.6 Å². The summed E-state index contributed by atoms with van der Waals surface area (Å²) in [4.78, 5) is 11.0. The molecule has 0 saturated heterocycles. The third-order valence-electron chi connectivity index (χ3n) is 2.11. The first kappa shape index (κ1) is 11.9. The summed E-state index contributed by atoms with van der Waals surface area (Å²) < 4.78 is 41.5. The molecule has 2 nitrogen and oxygen atoms in total. The van der Waals surface area contributed by atoms with Crippen LogP contribution in [0.15, 0.2) is 28.0 Å². The van der Waals surface area contributed by atoms with E-state index in [1.54, 1.807) is 11.4 Å². The minimum absolute atomic E-state index is 0.229. The van der Waals surface area contributed by atoms with Crippen LogP contribution in [0.2, 0.25) is 0 Å². The topological polar surface area (TPSA) is 30.2 Å². The summed E-state index contributed by atoms with van der Waals surface area (Å²) in [6.45, 7) is 0. The molecule has 0 bridgehead atoms. The highest BCUT2D eigenvalue weighted by molar-refractivity contribution is 7.11. The number of aldehydes is 1. The number of alkyl halides is 3. The third-order valence-corrected chi connectivity index (χ3v) is 3.02. The van der Waals surface area contributed by atoms with Gasteiger partial charge in [-0.15, -0.1) is 11.3 Å². The van der Waals surface area contributed by atoms with Gasteiger partial charge in [-0.2, -0.15) is 13.2 Å². The van der Waals surface area contributed by atoms with Crippen LogP contribution in [0.4, 0.5) is 13.2 Å². The van der Waals surface area contributed by atoms with Crippen LogP contribution in [-0.4, -0.2) is 6.29 Å². The molecule has 0 aromatic carbocycles. The van der Waals surface area contributed by atoms with Gasteiger partial charge in [-0.1, -0.05) is 0 Å². The number of carbonyl (C=O) groups is 1. The zero-order valence-electron chi connectivity index (χ0n) is 8.45. The predicted molar refractivity (Wildman–Crippen MR) is 56.2 cm³/mol. The minimum atomic E-state index is -4.46. The fourth-order valence-electron chi connectivity index (χ4n) is 1.38. The Bertz CT molecular complexity index is 525. The summed E-state index contributed by atoms with van der Waals surface area (Å²) in [5.74, 6) is -0.772. The van der Waals surface area contributed by atoms with Gasteiger partial charge in [0.05, 0.1) is 4.88 Å². The first-order chi connectivity index (χ1) is 7.99. The summed E-state index contributed by atoms with van der Waals surface area (Å²) in [5, 5.41) is 1.72. The normalized spacial score (nSPS) is 11.7. The van der Waals surface area contributed by atoms with Crippen molar-refractivity contribution in [3.05, 3.63) is 45.5 Å². The number of hydrogen-bond donors (Lipinski definition) is 0. The van der Waals surface area contributed by atoms with Crippen molar-refractivity contribution in [3.63, 3.8) is 0 Å². The highest BCUT2D eigenvalue weighted by Crippen LogP contribution is 2.31. The van der Waals surface area contributed by atoms with E-state index in [-0.39, 0.29) is 12.2 Å². The van der Waals surface area contributed by atoms with Crippen LogP contribution in [0.3, 0.4) is 0 Å². The summed E-state index contributed by atoms with van der Waals surface area (Å²) in [7, 11) is 0. The molecule has 2 aromatic heterocycles. The second-order valence-corrected chi connectivity index (χ2v) is 4.36. The fraction of sp³-hybridized carbons (Fsp3) is 0.182. The molecule has 0 aliphatic heterocycles. The monoisotopic (exact) mass is 260 g/mol. The first-order valence-electron chi connectivity index (χ1n) is 4.67. The molecular weight excluding hydrogens is 253 g/mol. The van der Waals surface area contributed by atoms with Crippen molar-refractivity contribution in [2.75, 3.05) is 0 Å². The second-order valence-electron chi connectivity index (χ2n) is 3.42. The van der Waals surface area contributed by atoms with Gasteiger partial charge < -0.3 is 4.42 Å². The van der Waals surface area contributed by atoms with Crippen LogP contribution in [0, 0.1) is 0 Å². The van der Waals surface area contributed by atoms with Gasteiger partial charge in [0.2, 0.25) is 5.76 Å². The minimum Gasteiger partial charge on any atom is -0.456 e. The van der Waals surface area contributed by atoms with Crippen LogP contribution in [0.5, 0.6) is 0 Å². The Kier molecular flexibility index (Phi) is 3.06. The lowest BCUT2D eigenvalue weighted by Gasteiger charge is -2.00. The van der Waals surface area contributed by atoms with E-state index < -0.39 is 11.9 Å². The van der Waals surface area contributed by atoms with Gasteiger partial charge in [0.1, 0.15) is 5.76 Å². The van der Waals surface area contributed by atoms with Gasteiger partial charge in [-0.3, -0.25) is 4.79 Å². The van der Waals surface area contributed by atoms with Crippen LogP contribution in [0.25, 0.3) is 0 Å². The maximum atomic E-state index is 12.3. The molecule has 0 radical (unpaired) electrons. The molecule has 0 unspecified atom stereocenters. The Morgan fingerprint density at radius 2 is 2.12 bits per heavy atom. The zero-order chi connectivity index (χ0) is 12.5. The average molecular weight is 260 g/mol. The van der Waals surface area contributed by atoms with E-state index in [9.17, 15) is 18.0 Å². The van der Waals surface area contributed by atoms with Gasteiger partial charge in [0, 0.05) is 6.42 Å². The molecule has 17 heavy (non-hydrogen) atoms. The molecule has 0 amide bonds. The fourth-order valence-corrected chi connectivity index (χ4v) is 2.09. The summed E-state index contributed by atoms with van der Waals surface area (Å²) in [6, 6.07) is 3.83. The van der Waals surface area contributed by atoms with Gasteiger partial charge in [0.25, 0.3) is 0 Å². The molecular formula is C11H7F3O2S. The molecule has 0 saturated carbocycles. The van der Waals surface area contributed by atoms with Crippen molar-refractivity contribution in [1.82, 2.24) is 0 Å². The molecule has 0 atom stereocenters. The van der Waals surface area contributed by atoms with Crippen LogP contribution in [0.1, 0.15) is 26.8 Å². The molecule has 0 aliphatic rings. The molecule has 2 heterocycles. The van der Waals surface area contributed by atoms with E-state index in [0.29, 0.717) is 11.2 Å².